The van der Waals surface area contributed by atoms with E-state index in [4.69, 9.17) is 11.6 Å². The SMILES string of the molecule is Cn1nnc(Br)c1-c1ccnc(Cl)n1. The lowest BCUT2D eigenvalue weighted by Crippen LogP contribution is -1.96. The van der Waals surface area contributed by atoms with E-state index < -0.39 is 0 Å². The first-order valence-electron chi connectivity index (χ1n) is 3.72. The molecule has 0 amide bonds. The largest absolute Gasteiger partial charge is 0.245 e. The zero-order chi connectivity index (χ0) is 10.1. The molecule has 2 heterocycles. The maximum absolute atomic E-state index is 5.68. The van der Waals surface area contributed by atoms with Gasteiger partial charge in [0, 0.05) is 13.2 Å². The Morgan fingerprint density at radius 2 is 2.29 bits per heavy atom. The van der Waals surface area contributed by atoms with Crippen LogP contribution in [0, 0.1) is 0 Å². The van der Waals surface area contributed by atoms with Crippen molar-refractivity contribution in [2.24, 2.45) is 7.05 Å². The molecule has 2 aromatic rings. The zero-order valence-electron chi connectivity index (χ0n) is 7.15. The standard InChI is InChI=1S/C7H5BrClN5/c1-14-5(6(8)12-13-14)4-2-3-10-7(9)11-4/h2-3H,1H3. The summed E-state index contributed by atoms with van der Waals surface area (Å²) in [5.74, 6) is 0. The zero-order valence-corrected chi connectivity index (χ0v) is 9.49. The van der Waals surface area contributed by atoms with Gasteiger partial charge in [-0.2, -0.15) is 0 Å². The van der Waals surface area contributed by atoms with Gasteiger partial charge in [-0.25, -0.2) is 14.6 Å². The second-order valence-electron chi connectivity index (χ2n) is 2.56. The number of nitrogens with zero attached hydrogens (tertiary/aromatic N) is 5. The number of aromatic nitrogens is 5. The van der Waals surface area contributed by atoms with Crippen LogP contribution in [0.2, 0.25) is 5.28 Å². The summed E-state index contributed by atoms with van der Waals surface area (Å²) in [6, 6.07) is 1.75. The van der Waals surface area contributed by atoms with Gasteiger partial charge in [0.1, 0.15) is 5.69 Å². The van der Waals surface area contributed by atoms with Gasteiger partial charge in [-0.1, -0.05) is 5.21 Å². The van der Waals surface area contributed by atoms with Crippen LogP contribution in [0.4, 0.5) is 0 Å². The lowest BCUT2D eigenvalue weighted by Gasteiger charge is -1.99. The Kier molecular flexibility index (Phi) is 2.47. The predicted molar refractivity (Wildman–Crippen MR) is 54.7 cm³/mol. The normalized spacial score (nSPS) is 10.5. The van der Waals surface area contributed by atoms with Crippen LogP contribution in [0.15, 0.2) is 16.9 Å². The van der Waals surface area contributed by atoms with Crippen LogP contribution in [-0.4, -0.2) is 25.0 Å². The molecule has 2 rings (SSSR count). The van der Waals surface area contributed by atoms with Crippen LogP contribution >= 0.6 is 27.5 Å². The summed E-state index contributed by atoms with van der Waals surface area (Å²) in [7, 11) is 1.78. The molecule has 0 atom stereocenters. The van der Waals surface area contributed by atoms with Gasteiger partial charge >= 0.3 is 0 Å². The lowest BCUT2D eigenvalue weighted by molar-refractivity contribution is 0.718. The van der Waals surface area contributed by atoms with Crippen LogP contribution in [0.25, 0.3) is 11.4 Å². The Balaban J connectivity index is 2.59. The highest BCUT2D eigenvalue weighted by Crippen LogP contribution is 2.23. The summed E-state index contributed by atoms with van der Waals surface area (Å²) in [5.41, 5.74) is 1.46. The Labute approximate surface area is 93.3 Å². The molecule has 0 fully saturated rings. The average molecular weight is 275 g/mol. The maximum Gasteiger partial charge on any atom is 0.222 e. The van der Waals surface area contributed by atoms with Gasteiger partial charge in [0.05, 0.1) is 5.69 Å². The Hall–Kier alpha value is -1.01. The van der Waals surface area contributed by atoms with E-state index in [1.54, 1.807) is 24.0 Å². The van der Waals surface area contributed by atoms with E-state index in [0.717, 1.165) is 5.69 Å². The van der Waals surface area contributed by atoms with E-state index in [1.807, 2.05) is 0 Å². The molecule has 7 heteroatoms. The third-order valence-corrected chi connectivity index (χ3v) is 2.37. The molecule has 0 saturated heterocycles. The van der Waals surface area contributed by atoms with Crippen molar-refractivity contribution in [3.63, 3.8) is 0 Å². The number of rotatable bonds is 1. The second-order valence-corrected chi connectivity index (χ2v) is 3.65. The average Bonchev–Trinajstić information content (AvgIpc) is 2.46. The van der Waals surface area contributed by atoms with Gasteiger partial charge in [0.25, 0.3) is 0 Å². The van der Waals surface area contributed by atoms with Crippen LogP contribution in [0.1, 0.15) is 0 Å². The highest BCUT2D eigenvalue weighted by molar-refractivity contribution is 9.10. The molecule has 2 aromatic heterocycles. The molecule has 0 saturated carbocycles. The fourth-order valence-electron chi connectivity index (χ4n) is 1.07. The lowest BCUT2D eigenvalue weighted by atomic mass is 10.3. The number of hydrogen-bond donors (Lipinski definition) is 0. The third-order valence-electron chi connectivity index (χ3n) is 1.65. The highest BCUT2D eigenvalue weighted by atomic mass is 79.9. The van der Waals surface area contributed by atoms with Crippen molar-refractivity contribution in [1.82, 2.24) is 25.0 Å². The van der Waals surface area contributed by atoms with Crippen molar-refractivity contribution in [3.05, 3.63) is 22.1 Å². The van der Waals surface area contributed by atoms with Crippen molar-refractivity contribution in [2.75, 3.05) is 0 Å². The molecule has 0 bridgehead atoms. The molecule has 0 aliphatic carbocycles. The predicted octanol–water partition coefficient (Wildman–Crippen LogP) is 1.69. The summed E-state index contributed by atoms with van der Waals surface area (Å²) in [4.78, 5) is 7.86. The van der Waals surface area contributed by atoms with Crippen molar-refractivity contribution in [1.29, 1.82) is 0 Å². The number of hydrogen-bond acceptors (Lipinski definition) is 4. The van der Waals surface area contributed by atoms with Gasteiger partial charge < -0.3 is 0 Å². The minimum absolute atomic E-state index is 0.204. The molecular formula is C7H5BrClN5. The third kappa shape index (κ3) is 1.62. The molecule has 14 heavy (non-hydrogen) atoms. The maximum atomic E-state index is 5.68. The van der Waals surface area contributed by atoms with E-state index in [1.165, 1.54) is 0 Å². The van der Waals surface area contributed by atoms with Crippen molar-refractivity contribution >= 4 is 27.5 Å². The summed E-state index contributed by atoms with van der Waals surface area (Å²) in [6.07, 6.45) is 1.59. The fraction of sp³-hybridized carbons (Fsp3) is 0.143. The van der Waals surface area contributed by atoms with Gasteiger partial charge in [-0.3, -0.25) is 0 Å². The monoisotopic (exact) mass is 273 g/mol. The number of aryl methyl sites for hydroxylation is 1. The molecule has 72 valence electrons. The van der Waals surface area contributed by atoms with E-state index in [2.05, 4.69) is 36.2 Å². The molecule has 0 radical (unpaired) electrons. The molecular weight excluding hydrogens is 269 g/mol. The summed E-state index contributed by atoms with van der Waals surface area (Å²) >= 11 is 8.96. The Morgan fingerprint density at radius 3 is 2.86 bits per heavy atom. The van der Waals surface area contributed by atoms with E-state index in [-0.39, 0.29) is 5.28 Å². The molecule has 0 aromatic carbocycles. The van der Waals surface area contributed by atoms with E-state index in [9.17, 15) is 0 Å². The van der Waals surface area contributed by atoms with Gasteiger partial charge in [0.15, 0.2) is 4.60 Å². The van der Waals surface area contributed by atoms with Crippen LogP contribution < -0.4 is 0 Å². The van der Waals surface area contributed by atoms with Crippen molar-refractivity contribution < 1.29 is 0 Å². The second kappa shape index (κ2) is 3.62. The summed E-state index contributed by atoms with van der Waals surface area (Å²) in [5, 5.41) is 7.89. The molecule has 0 spiro atoms. The Morgan fingerprint density at radius 1 is 1.50 bits per heavy atom. The smallest absolute Gasteiger partial charge is 0.222 e. The van der Waals surface area contributed by atoms with Gasteiger partial charge in [-0.15, -0.1) is 5.10 Å². The summed E-state index contributed by atoms with van der Waals surface area (Å²) in [6.45, 7) is 0. The quantitative estimate of drug-likeness (QED) is 0.743. The molecule has 0 aliphatic heterocycles. The van der Waals surface area contributed by atoms with E-state index >= 15 is 0 Å². The minimum atomic E-state index is 0.204. The van der Waals surface area contributed by atoms with Crippen molar-refractivity contribution in [2.45, 2.75) is 0 Å². The first kappa shape index (κ1) is 9.54. The molecule has 0 N–H and O–H groups in total. The van der Waals surface area contributed by atoms with Crippen molar-refractivity contribution in [3.8, 4) is 11.4 Å². The van der Waals surface area contributed by atoms with Crippen LogP contribution in [0.3, 0.4) is 0 Å². The summed E-state index contributed by atoms with van der Waals surface area (Å²) < 4.78 is 2.25. The van der Waals surface area contributed by atoms with Gasteiger partial charge in [0.2, 0.25) is 5.28 Å². The first-order chi connectivity index (χ1) is 6.68. The van der Waals surface area contributed by atoms with Crippen LogP contribution in [0.5, 0.6) is 0 Å². The van der Waals surface area contributed by atoms with Gasteiger partial charge in [-0.05, 0) is 33.6 Å². The minimum Gasteiger partial charge on any atom is -0.245 e. The van der Waals surface area contributed by atoms with Crippen LogP contribution in [-0.2, 0) is 7.05 Å². The molecule has 0 aliphatic rings. The first-order valence-corrected chi connectivity index (χ1v) is 4.89. The fourth-order valence-corrected chi connectivity index (χ4v) is 1.75. The molecule has 5 nitrogen and oxygen atoms in total. The molecule has 0 unspecified atom stereocenters. The Bertz CT molecular complexity index is 449. The number of halogens is 2. The topological polar surface area (TPSA) is 56.5 Å². The van der Waals surface area contributed by atoms with E-state index in [0.29, 0.717) is 10.3 Å². The highest BCUT2D eigenvalue weighted by Gasteiger charge is 2.11.